The van der Waals surface area contributed by atoms with Crippen molar-refractivity contribution in [3.05, 3.63) is 35.4 Å². The van der Waals surface area contributed by atoms with Gasteiger partial charge in [0.2, 0.25) is 0 Å². The fourth-order valence-electron chi connectivity index (χ4n) is 1.78. The van der Waals surface area contributed by atoms with E-state index < -0.39 is 11.1 Å². The molecule has 0 aliphatic carbocycles. The summed E-state index contributed by atoms with van der Waals surface area (Å²) in [5.74, 6) is -0.326. The molecule has 1 aromatic rings. The van der Waals surface area contributed by atoms with Crippen LogP contribution in [0.5, 0.6) is 0 Å². The first-order valence-corrected chi connectivity index (χ1v) is 6.01. The number of hydrogen-bond donors (Lipinski definition) is 1. The second-order valence-electron chi connectivity index (χ2n) is 5.73. The molecule has 0 spiro atoms. The molecule has 1 aliphatic heterocycles. The van der Waals surface area contributed by atoms with Crippen molar-refractivity contribution in [3.8, 4) is 0 Å². The third-order valence-corrected chi connectivity index (χ3v) is 2.79. The van der Waals surface area contributed by atoms with Crippen molar-refractivity contribution in [3.63, 3.8) is 0 Å². The normalized spacial score (nSPS) is 18.0. The molecule has 4 nitrogen and oxygen atoms in total. The van der Waals surface area contributed by atoms with E-state index >= 15 is 0 Å². The molecule has 0 unspecified atom stereocenters. The molecule has 0 atom stereocenters. The highest BCUT2D eigenvalue weighted by atomic mass is 16.6. The molecule has 2 rings (SSSR count). The molecule has 98 valence electrons. The predicted molar refractivity (Wildman–Crippen MR) is 68.3 cm³/mol. The summed E-state index contributed by atoms with van der Waals surface area (Å²) in [6.45, 7) is 6.52. The number of nitrogens with two attached hydrogens (primary N) is 1. The van der Waals surface area contributed by atoms with Crippen LogP contribution in [-0.4, -0.2) is 24.8 Å². The molecule has 1 aliphatic rings. The Morgan fingerprint density at radius 2 is 2.06 bits per heavy atom. The van der Waals surface area contributed by atoms with Crippen molar-refractivity contribution in [2.24, 2.45) is 5.73 Å². The molecule has 2 N–H and O–H groups in total. The summed E-state index contributed by atoms with van der Waals surface area (Å²) in [7, 11) is 0. The van der Waals surface area contributed by atoms with Gasteiger partial charge in [-0.05, 0) is 38.5 Å². The zero-order chi connectivity index (χ0) is 13.4. The van der Waals surface area contributed by atoms with Gasteiger partial charge in [0, 0.05) is 0 Å². The lowest BCUT2D eigenvalue weighted by Crippen LogP contribution is -2.54. The van der Waals surface area contributed by atoms with Crippen molar-refractivity contribution in [1.82, 2.24) is 0 Å². The quantitative estimate of drug-likeness (QED) is 0.812. The Hall–Kier alpha value is -1.39. The molecule has 0 saturated carbocycles. The summed E-state index contributed by atoms with van der Waals surface area (Å²) in [4.78, 5) is 12.0. The van der Waals surface area contributed by atoms with E-state index in [9.17, 15) is 4.79 Å². The van der Waals surface area contributed by atoms with Gasteiger partial charge >= 0.3 is 5.97 Å². The third kappa shape index (κ3) is 2.71. The van der Waals surface area contributed by atoms with Crippen LogP contribution in [0.15, 0.2) is 24.3 Å². The van der Waals surface area contributed by atoms with E-state index in [4.69, 9.17) is 15.2 Å². The first-order chi connectivity index (χ1) is 8.30. The maximum absolute atomic E-state index is 12.0. The Morgan fingerprint density at radius 1 is 1.39 bits per heavy atom. The Labute approximate surface area is 107 Å². The zero-order valence-corrected chi connectivity index (χ0v) is 11.0. The number of carbonyl (C=O) groups excluding carboxylic acids is 1. The van der Waals surface area contributed by atoms with Crippen LogP contribution < -0.4 is 5.73 Å². The molecular weight excluding hydrogens is 230 g/mol. The summed E-state index contributed by atoms with van der Waals surface area (Å²) < 4.78 is 10.5. The molecule has 0 amide bonds. The fourth-order valence-corrected chi connectivity index (χ4v) is 1.78. The summed E-state index contributed by atoms with van der Waals surface area (Å²) >= 11 is 0. The van der Waals surface area contributed by atoms with Gasteiger partial charge in [0.25, 0.3) is 0 Å². The Balaban J connectivity index is 2.19. The van der Waals surface area contributed by atoms with Crippen molar-refractivity contribution < 1.29 is 14.3 Å². The summed E-state index contributed by atoms with van der Waals surface area (Å²) in [6.07, 6.45) is 0. The van der Waals surface area contributed by atoms with Crippen molar-refractivity contribution >= 4 is 5.97 Å². The van der Waals surface area contributed by atoms with Gasteiger partial charge in [-0.2, -0.15) is 0 Å². The molecule has 1 aromatic carbocycles. The smallest absolute Gasteiger partial charge is 0.338 e. The highest BCUT2D eigenvalue weighted by Gasteiger charge is 2.36. The largest absolute Gasteiger partial charge is 0.456 e. The molecule has 0 aromatic heterocycles. The van der Waals surface area contributed by atoms with Crippen LogP contribution in [-0.2, 0) is 15.0 Å². The van der Waals surface area contributed by atoms with Crippen molar-refractivity contribution in [2.75, 3.05) is 13.2 Å². The van der Waals surface area contributed by atoms with Gasteiger partial charge in [0.1, 0.15) is 5.60 Å². The van der Waals surface area contributed by atoms with Gasteiger partial charge < -0.3 is 15.2 Å². The minimum atomic E-state index is -0.493. The topological polar surface area (TPSA) is 61.5 Å². The maximum Gasteiger partial charge on any atom is 0.338 e. The number of carbonyl (C=O) groups is 1. The maximum atomic E-state index is 12.0. The summed E-state index contributed by atoms with van der Waals surface area (Å²) in [5, 5.41) is 0. The average molecular weight is 249 g/mol. The number of ether oxygens (including phenoxy) is 2. The van der Waals surface area contributed by atoms with Crippen molar-refractivity contribution in [1.29, 1.82) is 0 Å². The SMILES string of the molecule is CC(C)(C)OC(=O)c1cccc(C2(N)COC2)c1. The summed E-state index contributed by atoms with van der Waals surface area (Å²) in [6, 6.07) is 7.26. The predicted octanol–water partition coefficient (Wildman–Crippen LogP) is 1.83. The van der Waals surface area contributed by atoms with E-state index in [1.807, 2.05) is 32.9 Å². The van der Waals surface area contributed by atoms with Crippen LogP contribution in [0.2, 0.25) is 0 Å². The number of esters is 1. The molecule has 1 heterocycles. The van der Waals surface area contributed by atoms with Crippen LogP contribution in [0.3, 0.4) is 0 Å². The monoisotopic (exact) mass is 249 g/mol. The zero-order valence-electron chi connectivity index (χ0n) is 11.0. The molecular formula is C14H19NO3. The van der Waals surface area contributed by atoms with Crippen LogP contribution in [0, 0.1) is 0 Å². The van der Waals surface area contributed by atoms with E-state index in [0.29, 0.717) is 18.8 Å². The lowest BCUT2D eigenvalue weighted by atomic mass is 9.88. The van der Waals surface area contributed by atoms with Crippen LogP contribution in [0.25, 0.3) is 0 Å². The highest BCUT2D eigenvalue weighted by molar-refractivity contribution is 5.89. The lowest BCUT2D eigenvalue weighted by molar-refractivity contribution is -0.0569. The number of hydrogen-bond acceptors (Lipinski definition) is 4. The first kappa shape index (κ1) is 13.1. The van der Waals surface area contributed by atoms with E-state index in [1.54, 1.807) is 12.1 Å². The second-order valence-corrected chi connectivity index (χ2v) is 5.73. The Morgan fingerprint density at radius 3 is 2.56 bits per heavy atom. The Kier molecular flexibility index (Phi) is 3.17. The van der Waals surface area contributed by atoms with Crippen LogP contribution >= 0.6 is 0 Å². The summed E-state index contributed by atoms with van der Waals surface area (Å²) in [5.41, 5.74) is 6.63. The van der Waals surface area contributed by atoms with Crippen LogP contribution in [0.4, 0.5) is 0 Å². The minimum absolute atomic E-state index is 0.326. The molecule has 0 bridgehead atoms. The molecule has 0 radical (unpaired) electrons. The van der Waals surface area contributed by atoms with Gasteiger partial charge in [-0.1, -0.05) is 12.1 Å². The highest BCUT2D eigenvalue weighted by Crippen LogP contribution is 2.27. The fraction of sp³-hybridized carbons (Fsp3) is 0.500. The second kappa shape index (κ2) is 4.37. The molecule has 18 heavy (non-hydrogen) atoms. The van der Waals surface area contributed by atoms with Crippen molar-refractivity contribution in [2.45, 2.75) is 31.9 Å². The van der Waals surface area contributed by atoms with E-state index in [2.05, 4.69) is 0 Å². The van der Waals surface area contributed by atoms with Crippen LogP contribution in [0.1, 0.15) is 36.7 Å². The molecule has 1 fully saturated rings. The Bertz CT molecular complexity index is 458. The first-order valence-electron chi connectivity index (χ1n) is 6.01. The van der Waals surface area contributed by atoms with E-state index in [1.165, 1.54) is 0 Å². The lowest BCUT2D eigenvalue weighted by Gasteiger charge is -2.38. The van der Waals surface area contributed by atoms with Gasteiger partial charge in [-0.3, -0.25) is 0 Å². The van der Waals surface area contributed by atoms with Gasteiger partial charge in [0.05, 0.1) is 24.3 Å². The minimum Gasteiger partial charge on any atom is -0.456 e. The van der Waals surface area contributed by atoms with Gasteiger partial charge in [0.15, 0.2) is 0 Å². The number of rotatable bonds is 2. The van der Waals surface area contributed by atoms with Gasteiger partial charge in [-0.25, -0.2) is 4.79 Å². The average Bonchev–Trinajstić information content (AvgIpc) is 2.24. The standard InChI is InChI=1S/C14H19NO3/c1-13(2,3)18-12(16)10-5-4-6-11(7-10)14(15)8-17-9-14/h4-7H,8-9,15H2,1-3H3. The number of benzene rings is 1. The third-order valence-electron chi connectivity index (χ3n) is 2.79. The van der Waals surface area contributed by atoms with Gasteiger partial charge in [-0.15, -0.1) is 0 Å². The molecule has 1 saturated heterocycles. The molecule has 4 heteroatoms. The van der Waals surface area contributed by atoms with E-state index in [-0.39, 0.29) is 5.97 Å². The van der Waals surface area contributed by atoms with E-state index in [0.717, 1.165) is 5.56 Å².